The zero-order valence-electron chi connectivity index (χ0n) is 15.4. The lowest BCUT2D eigenvalue weighted by Crippen LogP contribution is -2.49. The fourth-order valence-corrected chi connectivity index (χ4v) is 3.84. The number of pyridine rings is 1. The zero-order valence-corrected chi connectivity index (χ0v) is 16.2. The molecule has 1 N–H and O–H groups in total. The highest BCUT2D eigenvalue weighted by Gasteiger charge is 2.27. The first-order valence-corrected chi connectivity index (χ1v) is 9.69. The van der Waals surface area contributed by atoms with Gasteiger partial charge in [-0.3, -0.25) is 19.5 Å². The lowest BCUT2D eigenvalue weighted by Gasteiger charge is -2.34. The minimum Gasteiger partial charge on any atom is -0.480 e. The number of carbonyl (C=O) groups is 2. The van der Waals surface area contributed by atoms with Gasteiger partial charge in [-0.05, 0) is 37.6 Å². The maximum Gasteiger partial charge on any atom is 0.317 e. The Morgan fingerprint density at radius 2 is 2.22 bits per heavy atom. The van der Waals surface area contributed by atoms with Crippen LogP contribution in [0.2, 0.25) is 0 Å². The monoisotopic (exact) mass is 389 g/mol. The molecule has 0 spiro atoms. The number of nitrogens with zero attached hydrogens (tertiary/aromatic N) is 3. The van der Waals surface area contributed by atoms with Crippen LogP contribution in [-0.2, 0) is 9.53 Å². The van der Waals surface area contributed by atoms with Gasteiger partial charge >= 0.3 is 5.97 Å². The standard InChI is InChI=1S/C19H23N3O4S/c1-13-16(3-4-17(20-13)14-5-8-27-12-14)19(25)22-6-7-26-15(10-22)9-21(2)11-18(23)24/h3-5,8,12,15H,6-7,9-11H2,1-2H3,(H,23,24). The summed E-state index contributed by atoms with van der Waals surface area (Å²) in [6, 6.07) is 5.72. The fraction of sp³-hybridized carbons (Fsp3) is 0.421. The molecule has 1 saturated heterocycles. The van der Waals surface area contributed by atoms with Crippen LogP contribution in [0.5, 0.6) is 0 Å². The number of aromatic nitrogens is 1. The number of hydrogen-bond acceptors (Lipinski definition) is 6. The highest BCUT2D eigenvalue weighted by molar-refractivity contribution is 7.08. The third kappa shape index (κ3) is 4.91. The molecule has 27 heavy (non-hydrogen) atoms. The van der Waals surface area contributed by atoms with E-state index >= 15 is 0 Å². The van der Waals surface area contributed by atoms with Gasteiger partial charge in [-0.1, -0.05) is 0 Å². The molecule has 1 aliphatic rings. The van der Waals surface area contributed by atoms with Crippen LogP contribution in [-0.4, -0.2) is 77.7 Å². The third-order valence-electron chi connectivity index (χ3n) is 4.48. The molecule has 3 heterocycles. The number of ether oxygens (including phenoxy) is 1. The van der Waals surface area contributed by atoms with E-state index in [1.165, 1.54) is 0 Å². The Morgan fingerprint density at radius 1 is 1.41 bits per heavy atom. The number of likely N-dealkylation sites (N-methyl/N-ethyl adjacent to an activating group) is 1. The predicted molar refractivity (Wildman–Crippen MR) is 103 cm³/mol. The van der Waals surface area contributed by atoms with E-state index in [1.54, 1.807) is 28.2 Å². The van der Waals surface area contributed by atoms with Gasteiger partial charge in [-0.2, -0.15) is 11.3 Å². The van der Waals surface area contributed by atoms with Gasteiger partial charge < -0.3 is 14.7 Å². The number of aliphatic carboxylic acids is 1. The van der Waals surface area contributed by atoms with E-state index in [0.29, 0.717) is 37.5 Å². The lowest BCUT2D eigenvalue weighted by molar-refractivity contribution is -0.138. The second kappa shape index (κ2) is 8.60. The number of amides is 1. The Bertz CT molecular complexity index is 809. The normalized spacial score (nSPS) is 17.3. The van der Waals surface area contributed by atoms with Crippen molar-refractivity contribution in [3.8, 4) is 11.3 Å². The van der Waals surface area contributed by atoms with Gasteiger partial charge in [0.05, 0.1) is 36.2 Å². The molecule has 0 aliphatic carbocycles. The average molecular weight is 389 g/mol. The van der Waals surface area contributed by atoms with Gasteiger partial charge in [0.1, 0.15) is 0 Å². The van der Waals surface area contributed by atoms with E-state index in [4.69, 9.17) is 9.84 Å². The largest absolute Gasteiger partial charge is 0.480 e. The van der Waals surface area contributed by atoms with Gasteiger partial charge in [0.15, 0.2) is 0 Å². The first kappa shape index (κ1) is 19.5. The van der Waals surface area contributed by atoms with Gasteiger partial charge in [0.2, 0.25) is 0 Å². The molecule has 0 saturated carbocycles. The van der Waals surface area contributed by atoms with Crippen molar-refractivity contribution < 1.29 is 19.4 Å². The summed E-state index contributed by atoms with van der Waals surface area (Å²) < 4.78 is 5.70. The van der Waals surface area contributed by atoms with E-state index in [2.05, 4.69) is 4.98 Å². The van der Waals surface area contributed by atoms with Gasteiger partial charge in [-0.15, -0.1) is 0 Å². The van der Waals surface area contributed by atoms with E-state index in [-0.39, 0.29) is 18.6 Å². The van der Waals surface area contributed by atoms with Crippen molar-refractivity contribution in [3.63, 3.8) is 0 Å². The first-order valence-electron chi connectivity index (χ1n) is 8.75. The topological polar surface area (TPSA) is 83.0 Å². The number of rotatable bonds is 6. The second-order valence-corrected chi connectivity index (χ2v) is 7.46. The van der Waals surface area contributed by atoms with Gasteiger partial charge in [0.25, 0.3) is 5.91 Å². The third-order valence-corrected chi connectivity index (χ3v) is 5.16. The van der Waals surface area contributed by atoms with Crippen LogP contribution in [0, 0.1) is 6.92 Å². The molecule has 7 nitrogen and oxygen atoms in total. The van der Waals surface area contributed by atoms with Crippen LogP contribution >= 0.6 is 11.3 Å². The number of thiophene rings is 1. The highest BCUT2D eigenvalue weighted by Crippen LogP contribution is 2.22. The van der Waals surface area contributed by atoms with Crippen molar-refractivity contribution in [2.45, 2.75) is 13.0 Å². The van der Waals surface area contributed by atoms with E-state index < -0.39 is 5.97 Å². The minimum atomic E-state index is -0.881. The van der Waals surface area contributed by atoms with Crippen molar-refractivity contribution in [2.75, 3.05) is 39.8 Å². The molecule has 1 aliphatic heterocycles. The molecule has 1 atom stereocenters. The Labute approximate surface area is 162 Å². The summed E-state index contributed by atoms with van der Waals surface area (Å²) in [5.41, 5.74) is 3.21. The molecule has 1 fully saturated rings. The van der Waals surface area contributed by atoms with Gasteiger partial charge in [0, 0.05) is 30.6 Å². The number of carboxylic acid groups (broad SMARTS) is 1. The van der Waals surface area contributed by atoms with Crippen LogP contribution in [0.15, 0.2) is 29.0 Å². The van der Waals surface area contributed by atoms with Crippen LogP contribution in [0.4, 0.5) is 0 Å². The molecule has 0 bridgehead atoms. The average Bonchev–Trinajstić information content (AvgIpc) is 3.15. The number of morpholine rings is 1. The summed E-state index contributed by atoms with van der Waals surface area (Å²) in [5, 5.41) is 12.9. The number of carbonyl (C=O) groups excluding carboxylic acids is 1. The molecule has 8 heteroatoms. The van der Waals surface area contributed by atoms with Crippen molar-refractivity contribution in [1.82, 2.24) is 14.8 Å². The van der Waals surface area contributed by atoms with Crippen LogP contribution < -0.4 is 0 Å². The van der Waals surface area contributed by atoms with Crippen molar-refractivity contribution in [2.24, 2.45) is 0 Å². The Balaban J connectivity index is 1.67. The fourth-order valence-electron chi connectivity index (χ4n) is 3.19. The minimum absolute atomic E-state index is 0.0547. The van der Waals surface area contributed by atoms with Crippen LogP contribution in [0.3, 0.4) is 0 Å². The quantitative estimate of drug-likeness (QED) is 0.813. The second-order valence-electron chi connectivity index (χ2n) is 6.68. The Kier molecular flexibility index (Phi) is 6.20. The Hall–Kier alpha value is -2.29. The lowest BCUT2D eigenvalue weighted by atomic mass is 10.1. The maximum absolute atomic E-state index is 13.0. The van der Waals surface area contributed by atoms with Crippen molar-refractivity contribution in [3.05, 3.63) is 40.2 Å². The van der Waals surface area contributed by atoms with E-state index in [9.17, 15) is 9.59 Å². The number of hydrogen-bond donors (Lipinski definition) is 1. The Morgan fingerprint density at radius 3 is 2.89 bits per heavy atom. The van der Waals surface area contributed by atoms with Crippen molar-refractivity contribution in [1.29, 1.82) is 0 Å². The predicted octanol–water partition coefficient (Wildman–Crippen LogP) is 1.98. The smallest absolute Gasteiger partial charge is 0.317 e. The zero-order chi connectivity index (χ0) is 19.4. The molecule has 3 rings (SSSR count). The molecule has 2 aromatic rings. The SMILES string of the molecule is Cc1nc(-c2ccsc2)ccc1C(=O)N1CCOC(CN(C)CC(=O)O)C1. The van der Waals surface area contributed by atoms with Crippen LogP contribution in [0.1, 0.15) is 16.1 Å². The molecular formula is C19H23N3O4S. The van der Waals surface area contributed by atoms with E-state index in [1.807, 2.05) is 35.9 Å². The molecule has 144 valence electrons. The molecule has 1 amide bonds. The molecule has 1 unspecified atom stereocenters. The highest BCUT2D eigenvalue weighted by atomic mass is 32.1. The summed E-state index contributed by atoms with van der Waals surface area (Å²) in [7, 11) is 1.73. The van der Waals surface area contributed by atoms with Crippen molar-refractivity contribution >= 4 is 23.2 Å². The number of carboxylic acids is 1. The molecule has 0 radical (unpaired) electrons. The first-order chi connectivity index (χ1) is 12.9. The van der Waals surface area contributed by atoms with Crippen LogP contribution in [0.25, 0.3) is 11.3 Å². The summed E-state index contributed by atoms with van der Waals surface area (Å²) in [5.74, 6) is -0.945. The summed E-state index contributed by atoms with van der Waals surface area (Å²) in [6.45, 7) is 3.65. The molecular weight excluding hydrogens is 366 g/mol. The summed E-state index contributed by atoms with van der Waals surface area (Å²) in [4.78, 5) is 31.8. The summed E-state index contributed by atoms with van der Waals surface area (Å²) in [6.07, 6.45) is -0.203. The summed E-state index contributed by atoms with van der Waals surface area (Å²) >= 11 is 1.61. The number of aryl methyl sites for hydroxylation is 1. The van der Waals surface area contributed by atoms with E-state index in [0.717, 1.165) is 11.3 Å². The van der Waals surface area contributed by atoms with Gasteiger partial charge in [-0.25, -0.2) is 0 Å². The maximum atomic E-state index is 13.0. The molecule has 2 aromatic heterocycles. The molecule has 0 aromatic carbocycles.